The minimum absolute atomic E-state index is 0.180. The van der Waals surface area contributed by atoms with Gasteiger partial charge < -0.3 is 10.1 Å². The third-order valence-corrected chi connectivity index (χ3v) is 3.94. The molecule has 0 spiro atoms. The van der Waals surface area contributed by atoms with E-state index in [4.69, 9.17) is 4.74 Å². The van der Waals surface area contributed by atoms with Crippen molar-refractivity contribution in [3.8, 4) is 0 Å². The van der Waals surface area contributed by atoms with Crippen LogP contribution >= 0.6 is 0 Å². The Morgan fingerprint density at radius 3 is 2.39 bits per heavy atom. The number of nitrogens with one attached hydrogen (secondary N) is 1. The molecule has 1 N–H and O–H groups in total. The second kappa shape index (κ2) is 6.69. The number of methoxy groups -OCH3 is 1. The van der Waals surface area contributed by atoms with Crippen molar-refractivity contribution in [2.45, 2.75) is 39.2 Å². The fourth-order valence-electron chi connectivity index (χ4n) is 2.75. The average Bonchev–Trinajstić information content (AvgIpc) is 2.29. The molecule has 0 atom stereocenters. The second-order valence-electron chi connectivity index (χ2n) is 6.52. The lowest BCUT2D eigenvalue weighted by Crippen LogP contribution is -2.52. The van der Waals surface area contributed by atoms with Crippen LogP contribution in [0.3, 0.4) is 0 Å². The van der Waals surface area contributed by atoms with Crippen molar-refractivity contribution in [3.63, 3.8) is 0 Å². The van der Waals surface area contributed by atoms with Gasteiger partial charge >= 0.3 is 0 Å². The Morgan fingerprint density at radius 2 is 1.94 bits per heavy atom. The monoisotopic (exact) mass is 254 g/mol. The van der Waals surface area contributed by atoms with Gasteiger partial charge in [0.2, 0.25) is 0 Å². The highest BCUT2D eigenvalue weighted by molar-refractivity contribution is 4.92. The van der Waals surface area contributed by atoms with Gasteiger partial charge in [-0.3, -0.25) is 4.90 Å². The molecule has 1 rings (SSSR count). The van der Waals surface area contributed by atoms with Crippen LogP contribution in [0.2, 0.25) is 0 Å². The molecule has 0 aromatic heterocycles. The smallest absolute Gasteiger partial charge is 0.0531 e. The Labute approximate surface area is 113 Å². The van der Waals surface area contributed by atoms with Crippen LogP contribution in [0.1, 0.15) is 33.6 Å². The SMILES string of the molecule is C=CCN(CC1(COC)CCNCC1)C(C)(C)C. The molecule has 0 aliphatic carbocycles. The lowest BCUT2D eigenvalue weighted by Gasteiger charge is -2.45. The largest absolute Gasteiger partial charge is 0.384 e. The molecule has 1 heterocycles. The van der Waals surface area contributed by atoms with Crippen molar-refractivity contribution < 1.29 is 4.74 Å². The summed E-state index contributed by atoms with van der Waals surface area (Å²) in [7, 11) is 1.82. The molecule has 3 heteroatoms. The first-order chi connectivity index (χ1) is 8.43. The number of rotatable bonds is 6. The highest BCUT2D eigenvalue weighted by Gasteiger charge is 2.36. The van der Waals surface area contributed by atoms with Gasteiger partial charge in [0.15, 0.2) is 0 Å². The Kier molecular flexibility index (Phi) is 5.83. The minimum atomic E-state index is 0.180. The Balaban J connectivity index is 2.75. The van der Waals surface area contributed by atoms with Crippen LogP contribution in [-0.2, 0) is 4.74 Å². The molecule has 3 nitrogen and oxygen atoms in total. The summed E-state index contributed by atoms with van der Waals surface area (Å²) in [5.41, 5.74) is 0.482. The quantitative estimate of drug-likeness (QED) is 0.736. The molecule has 1 aliphatic heterocycles. The standard InChI is InChI=1S/C15H30N2O/c1-6-11-17(14(2,3)4)12-15(13-18-5)7-9-16-10-8-15/h6,16H,1,7-13H2,2-5H3. The maximum atomic E-state index is 5.50. The zero-order valence-electron chi connectivity index (χ0n) is 12.6. The van der Waals surface area contributed by atoms with E-state index >= 15 is 0 Å². The molecular weight excluding hydrogens is 224 g/mol. The Bertz CT molecular complexity index is 246. The summed E-state index contributed by atoms with van der Waals surface area (Å²) < 4.78 is 5.50. The summed E-state index contributed by atoms with van der Waals surface area (Å²) >= 11 is 0. The normalized spacial score (nSPS) is 20.1. The van der Waals surface area contributed by atoms with Crippen molar-refractivity contribution in [1.29, 1.82) is 0 Å². The summed E-state index contributed by atoms with van der Waals surface area (Å²) in [6.45, 7) is 15.8. The molecule has 1 fully saturated rings. The van der Waals surface area contributed by atoms with Crippen molar-refractivity contribution in [1.82, 2.24) is 10.2 Å². The summed E-state index contributed by atoms with van der Waals surface area (Å²) in [6.07, 6.45) is 4.40. The molecular formula is C15H30N2O. The van der Waals surface area contributed by atoms with Crippen LogP contribution in [0.15, 0.2) is 12.7 Å². The van der Waals surface area contributed by atoms with Crippen LogP contribution in [-0.4, -0.2) is 50.3 Å². The van der Waals surface area contributed by atoms with E-state index in [9.17, 15) is 0 Å². The number of ether oxygens (including phenoxy) is 1. The molecule has 0 aromatic carbocycles. The van der Waals surface area contributed by atoms with Gasteiger partial charge in [-0.2, -0.15) is 0 Å². The van der Waals surface area contributed by atoms with E-state index in [2.05, 4.69) is 37.6 Å². The van der Waals surface area contributed by atoms with Gasteiger partial charge in [0.1, 0.15) is 0 Å². The Hall–Kier alpha value is -0.380. The highest BCUT2D eigenvalue weighted by atomic mass is 16.5. The third kappa shape index (κ3) is 4.38. The molecule has 0 radical (unpaired) electrons. The van der Waals surface area contributed by atoms with E-state index in [1.54, 1.807) is 0 Å². The summed E-state index contributed by atoms with van der Waals surface area (Å²) in [4.78, 5) is 2.52. The maximum Gasteiger partial charge on any atom is 0.0531 e. The molecule has 0 unspecified atom stereocenters. The zero-order chi connectivity index (χ0) is 13.6. The van der Waals surface area contributed by atoms with Gasteiger partial charge in [0.25, 0.3) is 0 Å². The minimum Gasteiger partial charge on any atom is -0.384 e. The fourth-order valence-corrected chi connectivity index (χ4v) is 2.75. The van der Waals surface area contributed by atoms with Gasteiger partial charge in [-0.05, 0) is 46.7 Å². The first kappa shape index (κ1) is 15.7. The molecule has 1 saturated heterocycles. The summed E-state index contributed by atoms with van der Waals surface area (Å²) in [5, 5.41) is 3.45. The molecule has 0 bridgehead atoms. The van der Waals surface area contributed by atoms with E-state index in [1.807, 2.05) is 13.2 Å². The first-order valence-corrected chi connectivity index (χ1v) is 6.99. The van der Waals surface area contributed by atoms with Crippen molar-refractivity contribution >= 4 is 0 Å². The van der Waals surface area contributed by atoms with Gasteiger partial charge in [0.05, 0.1) is 6.61 Å². The number of nitrogens with zero attached hydrogens (tertiary/aromatic N) is 1. The van der Waals surface area contributed by atoms with Crippen molar-refractivity contribution in [2.24, 2.45) is 5.41 Å². The molecule has 0 saturated carbocycles. The van der Waals surface area contributed by atoms with Crippen LogP contribution in [0.5, 0.6) is 0 Å². The van der Waals surface area contributed by atoms with Crippen LogP contribution < -0.4 is 5.32 Å². The molecule has 0 amide bonds. The third-order valence-electron chi connectivity index (χ3n) is 3.94. The van der Waals surface area contributed by atoms with Crippen molar-refractivity contribution in [2.75, 3.05) is 39.9 Å². The van der Waals surface area contributed by atoms with Gasteiger partial charge in [0, 0.05) is 31.2 Å². The number of piperidine rings is 1. The summed E-state index contributed by atoms with van der Waals surface area (Å²) in [6, 6.07) is 0. The van der Waals surface area contributed by atoms with E-state index in [0.717, 1.165) is 32.8 Å². The predicted molar refractivity (Wildman–Crippen MR) is 77.9 cm³/mol. The highest BCUT2D eigenvalue weighted by Crippen LogP contribution is 2.32. The number of hydrogen-bond donors (Lipinski definition) is 1. The zero-order valence-corrected chi connectivity index (χ0v) is 12.6. The topological polar surface area (TPSA) is 24.5 Å². The van der Waals surface area contributed by atoms with Gasteiger partial charge in [-0.25, -0.2) is 0 Å². The maximum absolute atomic E-state index is 5.50. The van der Waals surface area contributed by atoms with Crippen LogP contribution in [0.25, 0.3) is 0 Å². The van der Waals surface area contributed by atoms with E-state index in [-0.39, 0.29) is 5.54 Å². The fraction of sp³-hybridized carbons (Fsp3) is 0.867. The Morgan fingerprint density at radius 1 is 1.33 bits per heavy atom. The van der Waals surface area contributed by atoms with Gasteiger partial charge in [-0.15, -0.1) is 6.58 Å². The summed E-state index contributed by atoms with van der Waals surface area (Å²) in [5.74, 6) is 0. The lowest BCUT2D eigenvalue weighted by molar-refractivity contribution is 0.00113. The van der Waals surface area contributed by atoms with Crippen LogP contribution in [0.4, 0.5) is 0 Å². The predicted octanol–water partition coefficient (Wildman–Crippen LogP) is 2.29. The first-order valence-electron chi connectivity index (χ1n) is 6.99. The molecule has 18 heavy (non-hydrogen) atoms. The molecule has 106 valence electrons. The van der Waals surface area contributed by atoms with E-state index in [1.165, 1.54) is 12.8 Å². The molecule has 1 aliphatic rings. The number of hydrogen-bond acceptors (Lipinski definition) is 3. The average molecular weight is 254 g/mol. The van der Waals surface area contributed by atoms with E-state index in [0.29, 0.717) is 5.41 Å². The van der Waals surface area contributed by atoms with Crippen molar-refractivity contribution in [3.05, 3.63) is 12.7 Å². The lowest BCUT2D eigenvalue weighted by atomic mass is 9.78. The van der Waals surface area contributed by atoms with Crippen LogP contribution in [0, 0.1) is 5.41 Å². The van der Waals surface area contributed by atoms with Gasteiger partial charge in [-0.1, -0.05) is 6.08 Å². The molecule has 0 aromatic rings. The van der Waals surface area contributed by atoms with E-state index < -0.39 is 0 Å². The second-order valence-corrected chi connectivity index (χ2v) is 6.52.